The normalized spacial score (nSPS) is 17.9. The zero-order valence-electron chi connectivity index (χ0n) is 12.6. The molecular weight excluding hydrogens is 298 g/mol. The Balaban J connectivity index is 1.86. The first-order valence-corrected chi connectivity index (χ1v) is 9.24. The van der Waals surface area contributed by atoms with Gasteiger partial charge in [0.05, 0.1) is 18.0 Å². The highest BCUT2D eigenvalue weighted by Crippen LogP contribution is 2.20. The van der Waals surface area contributed by atoms with E-state index in [9.17, 15) is 0 Å². The molecule has 0 atom stereocenters. The van der Waals surface area contributed by atoms with E-state index in [1.54, 1.807) is 22.7 Å². The average molecular weight is 319 g/mol. The molecule has 21 heavy (non-hydrogen) atoms. The predicted molar refractivity (Wildman–Crippen MR) is 91.5 cm³/mol. The fourth-order valence-corrected chi connectivity index (χ4v) is 4.24. The second-order valence-electron chi connectivity index (χ2n) is 5.59. The Morgan fingerprint density at radius 2 is 2.00 bits per heavy atom. The van der Waals surface area contributed by atoms with Crippen molar-refractivity contribution in [3.8, 4) is 0 Å². The highest BCUT2D eigenvalue weighted by atomic mass is 32.1. The summed E-state index contributed by atoms with van der Waals surface area (Å²) in [5.74, 6) is 0. The second-order valence-corrected chi connectivity index (χ2v) is 7.74. The Labute approximate surface area is 133 Å². The molecule has 2 heterocycles. The van der Waals surface area contributed by atoms with Crippen molar-refractivity contribution < 1.29 is 0 Å². The maximum atomic E-state index is 4.93. The molecule has 0 bridgehead atoms. The van der Waals surface area contributed by atoms with Crippen LogP contribution in [0.3, 0.4) is 0 Å². The molecule has 112 valence electrons. The fraction of sp³-hybridized carbons (Fsp3) is 0.500. The lowest BCUT2D eigenvalue weighted by molar-refractivity contribution is 0.435. The van der Waals surface area contributed by atoms with Gasteiger partial charge in [0.2, 0.25) is 4.80 Å². The maximum Gasteiger partial charge on any atom is 0.206 e. The third kappa shape index (κ3) is 3.71. The largest absolute Gasteiger partial charge is 0.254 e. The maximum absolute atomic E-state index is 4.93. The van der Waals surface area contributed by atoms with E-state index in [1.807, 2.05) is 10.9 Å². The molecule has 0 radical (unpaired) electrons. The number of aryl methyl sites for hydroxylation is 2. The van der Waals surface area contributed by atoms with Crippen molar-refractivity contribution in [2.24, 2.45) is 10.1 Å². The number of rotatable bonds is 3. The number of thiophene rings is 1. The van der Waals surface area contributed by atoms with Gasteiger partial charge in [-0.3, -0.25) is 4.99 Å². The van der Waals surface area contributed by atoms with Crippen molar-refractivity contribution in [2.75, 3.05) is 0 Å². The molecule has 3 rings (SSSR count). The molecule has 3 nitrogen and oxygen atoms in total. The molecule has 0 aromatic carbocycles. The first kappa shape index (κ1) is 14.7. The summed E-state index contributed by atoms with van der Waals surface area (Å²) in [7, 11) is 0. The zero-order chi connectivity index (χ0) is 14.7. The van der Waals surface area contributed by atoms with Gasteiger partial charge in [-0.1, -0.05) is 19.3 Å². The molecule has 1 fully saturated rings. The highest BCUT2D eigenvalue weighted by Gasteiger charge is 2.12. The molecule has 5 heteroatoms. The Morgan fingerprint density at radius 1 is 1.19 bits per heavy atom. The van der Waals surface area contributed by atoms with Crippen LogP contribution in [0.2, 0.25) is 0 Å². The fourth-order valence-electron chi connectivity index (χ4n) is 2.62. The highest BCUT2D eigenvalue weighted by molar-refractivity contribution is 7.13. The predicted octanol–water partition coefficient (Wildman–Crippen LogP) is 4.34. The summed E-state index contributed by atoms with van der Waals surface area (Å²) >= 11 is 3.46. The van der Waals surface area contributed by atoms with Crippen LogP contribution in [0.5, 0.6) is 0 Å². The minimum Gasteiger partial charge on any atom is -0.254 e. The molecule has 2 aromatic rings. The van der Waals surface area contributed by atoms with Gasteiger partial charge >= 0.3 is 0 Å². The summed E-state index contributed by atoms with van der Waals surface area (Å²) in [5, 5.41) is 6.77. The van der Waals surface area contributed by atoms with Crippen LogP contribution in [0, 0.1) is 13.8 Å². The molecule has 0 saturated heterocycles. The van der Waals surface area contributed by atoms with Crippen molar-refractivity contribution in [3.05, 3.63) is 37.8 Å². The van der Waals surface area contributed by atoms with E-state index in [1.165, 1.54) is 41.9 Å². The molecule has 1 aliphatic carbocycles. The van der Waals surface area contributed by atoms with Crippen LogP contribution in [0.1, 0.15) is 47.6 Å². The van der Waals surface area contributed by atoms with Crippen LogP contribution >= 0.6 is 22.7 Å². The Kier molecular flexibility index (Phi) is 4.70. The number of hydrogen-bond acceptors (Lipinski definition) is 4. The van der Waals surface area contributed by atoms with Gasteiger partial charge in [-0.2, -0.15) is 5.10 Å². The van der Waals surface area contributed by atoms with E-state index in [0.29, 0.717) is 6.04 Å². The van der Waals surface area contributed by atoms with Gasteiger partial charge < -0.3 is 0 Å². The minimum atomic E-state index is 0.488. The van der Waals surface area contributed by atoms with Gasteiger partial charge in [-0.25, -0.2) is 4.68 Å². The topological polar surface area (TPSA) is 29.6 Å². The Hall–Kier alpha value is -1.20. The standard InChI is InChI=1S/C16H21N3S2/c1-12-11-20-16(18-14-6-4-3-5-7-14)19(12)17-10-15-9-8-13(2)21-15/h8-11,14H,3-7H2,1-2H3. The quantitative estimate of drug-likeness (QED) is 0.753. The summed E-state index contributed by atoms with van der Waals surface area (Å²) in [6.45, 7) is 4.21. The minimum absolute atomic E-state index is 0.488. The van der Waals surface area contributed by atoms with Crippen LogP contribution in [0.15, 0.2) is 27.6 Å². The number of aromatic nitrogens is 1. The molecule has 0 spiro atoms. The SMILES string of the molecule is Cc1ccc(C=Nn2c(C)csc2=NC2CCCCC2)s1. The first-order valence-electron chi connectivity index (χ1n) is 7.54. The lowest BCUT2D eigenvalue weighted by Crippen LogP contribution is -2.19. The second kappa shape index (κ2) is 6.71. The van der Waals surface area contributed by atoms with Crippen LogP contribution < -0.4 is 4.80 Å². The molecule has 0 unspecified atom stereocenters. The monoisotopic (exact) mass is 319 g/mol. The number of hydrogen-bond donors (Lipinski definition) is 0. The first-order chi connectivity index (χ1) is 10.2. The van der Waals surface area contributed by atoms with Crippen molar-refractivity contribution in [1.29, 1.82) is 0 Å². The molecule has 0 N–H and O–H groups in total. The van der Waals surface area contributed by atoms with E-state index >= 15 is 0 Å². The van der Waals surface area contributed by atoms with E-state index in [2.05, 4.69) is 36.5 Å². The van der Waals surface area contributed by atoms with Crippen molar-refractivity contribution in [3.63, 3.8) is 0 Å². The summed E-state index contributed by atoms with van der Waals surface area (Å²) in [6.07, 6.45) is 8.39. The van der Waals surface area contributed by atoms with Gasteiger partial charge in [0.15, 0.2) is 0 Å². The van der Waals surface area contributed by atoms with Crippen molar-refractivity contribution in [2.45, 2.75) is 52.0 Å². The smallest absolute Gasteiger partial charge is 0.206 e. The van der Waals surface area contributed by atoms with Gasteiger partial charge in [0.25, 0.3) is 0 Å². The molecular formula is C16H21N3S2. The zero-order valence-corrected chi connectivity index (χ0v) is 14.2. The van der Waals surface area contributed by atoms with Crippen LogP contribution in [-0.4, -0.2) is 16.9 Å². The van der Waals surface area contributed by atoms with Crippen LogP contribution in [0.25, 0.3) is 0 Å². The Morgan fingerprint density at radius 3 is 2.71 bits per heavy atom. The van der Waals surface area contributed by atoms with E-state index in [-0.39, 0.29) is 0 Å². The third-order valence-electron chi connectivity index (χ3n) is 3.78. The average Bonchev–Trinajstić information content (AvgIpc) is 3.05. The lowest BCUT2D eigenvalue weighted by atomic mass is 9.96. The van der Waals surface area contributed by atoms with E-state index < -0.39 is 0 Å². The van der Waals surface area contributed by atoms with E-state index in [0.717, 1.165) is 10.5 Å². The molecule has 2 aromatic heterocycles. The van der Waals surface area contributed by atoms with Gasteiger partial charge in [0.1, 0.15) is 0 Å². The summed E-state index contributed by atoms with van der Waals surface area (Å²) in [4.78, 5) is 8.46. The third-order valence-corrected chi connectivity index (χ3v) is 5.66. The number of thiazole rings is 1. The van der Waals surface area contributed by atoms with Gasteiger partial charge in [-0.05, 0) is 38.8 Å². The van der Waals surface area contributed by atoms with Crippen molar-refractivity contribution in [1.82, 2.24) is 4.68 Å². The molecule has 0 aliphatic heterocycles. The van der Waals surface area contributed by atoms with E-state index in [4.69, 9.17) is 4.99 Å². The summed E-state index contributed by atoms with van der Waals surface area (Å²) < 4.78 is 1.98. The van der Waals surface area contributed by atoms with Crippen LogP contribution in [0.4, 0.5) is 0 Å². The van der Waals surface area contributed by atoms with Crippen LogP contribution in [-0.2, 0) is 0 Å². The summed E-state index contributed by atoms with van der Waals surface area (Å²) in [5.41, 5.74) is 1.15. The molecule has 1 aliphatic rings. The Bertz CT molecular complexity index is 684. The van der Waals surface area contributed by atoms with Gasteiger partial charge in [0, 0.05) is 15.1 Å². The lowest BCUT2D eigenvalue weighted by Gasteiger charge is -2.16. The molecule has 0 amide bonds. The van der Waals surface area contributed by atoms with Crippen molar-refractivity contribution >= 4 is 28.9 Å². The number of nitrogens with zero attached hydrogens (tertiary/aromatic N) is 3. The van der Waals surface area contributed by atoms with Gasteiger partial charge in [-0.15, -0.1) is 22.7 Å². The summed E-state index contributed by atoms with van der Waals surface area (Å²) in [6, 6.07) is 4.73. The molecule has 1 saturated carbocycles.